The van der Waals surface area contributed by atoms with Crippen molar-refractivity contribution in [2.45, 2.75) is 6.18 Å². The highest BCUT2D eigenvalue weighted by Gasteiger charge is 2.31. The Balaban J connectivity index is 2.32. The van der Waals surface area contributed by atoms with Crippen LogP contribution in [-0.4, -0.2) is 10.8 Å². The number of non-ortho nitro benzene ring substituents is 1. The average molecular weight is 454 g/mol. The van der Waals surface area contributed by atoms with Gasteiger partial charge in [-0.1, -0.05) is 0 Å². The van der Waals surface area contributed by atoms with E-state index < -0.39 is 34.1 Å². The fourth-order valence-corrected chi connectivity index (χ4v) is 2.53. The van der Waals surface area contributed by atoms with Crippen LogP contribution in [0.5, 0.6) is 0 Å². The normalized spacial score (nSPS) is 11.2. The van der Waals surface area contributed by atoms with Crippen molar-refractivity contribution in [2.75, 3.05) is 5.32 Å². The minimum Gasteiger partial charge on any atom is -0.319 e. The largest absolute Gasteiger partial charge is 0.416 e. The Labute approximate surface area is 146 Å². The van der Waals surface area contributed by atoms with Crippen LogP contribution in [0, 0.1) is 19.5 Å². The molecular weight excluding hydrogens is 447 g/mol. The Morgan fingerprint density at radius 3 is 2.38 bits per heavy atom. The Hall–Kier alpha value is -2.24. The number of nitrogens with one attached hydrogen (secondary N) is 1. The first-order valence-corrected chi connectivity index (χ1v) is 7.29. The minimum atomic E-state index is -4.69. The number of nitrogens with zero attached hydrogens (tertiary/aromatic N) is 1. The third-order valence-electron chi connectivity index (χ3n) is 2.95. The number of alkyl halides is 3. The van der Waals surface area contributed by atoms with Gasteiger partial charge in [0.2, 0.25) is 0 Å². The molecule has 10 heteroatoms. The predicted molar refractivity (Wildman–Crippen MR) is 85.2 cm³/mol. The standard InChI is InChI=1S/C14H7F4IN2O3/c15-10-4-1-7(14(16,17)18)5-12(10)20-13(22)9-3-2-8(21(23)24)6-11(9)19/h1-6H,(H,20,22). The van der Waals surface area contributed by atoms with E-state index in [9.17, 15) is 32.5 Å². The molecule has 1 N–H and O–H groups in total. The van der Waals surface area contributed by atoms with Crippen molar-refractivity contribution in [3.8, 4) is 0 Å². The quantitative estimate of drug-likeness (QED) is 0.319. The minimum absolute atomic E-state index is 0.0296. The second kappa shape index (κ2) is 6.71. The van der Waals surface area contributed by atoms with Crippen LogP contribution >= 0.6 is 22.6 Å². The highest BCUT2D eigenvalue weighted by atomic mass is 127. The number of halogens is 5. The molecule has 0 saturated heterocycles. The third kappa shape index (κ3) is 3.99. The third-order valence-corrected chi connectivity index (χ3v) is 3.84. The van der Waals surface area contributed by atoms with Crippen molar-refractivity contribution in [1.29, 1.82) is 0 Å². The molecule has 24 heavy (non-hydrogen) atoms. The number of rotatable bonds is 3. The van der Waals surface area contributed by atoms with Gasteiger partial charge in [-0.2, -0.15) is 13.2 Å². The Bertz CT molecular complexity index is 824. The molecule has 0 spiro atoms. The summed E-state index contributed by atoms with van der Waals surface area (Å²) in [5, 5.41) is 12.7. The van der Waals surface area contributed by atoms with Gasteiger partial charge in [0.1, 0.15) is 5.82 Å². The van der Waals surface area contributed by atoms with Crippen LogP contribution in [0.25, 0.3) is 0 Å². The Kier molecular flexibility index (Phi) is 5.06. The monoisotopic (exact) mass is 454 g/mol. The van der Waals surface area contributed by atoms with Crippen LogP contribution in [0.2, 0.25) is 0 Å². The molecule has 0 heterocycles. The second-order valence-corrected chi connectivity index (χ2v) is 5.73. The van der Waals surface area contributed by atoms with Gasteiger partial charge in [0.05, 0.1) is 21.7 Å². The van der Waals surface area contributed by atoms with E-state index in [1.807, 2.05) is 5.32 Å². The highest BCUT2D eigenvalue weighted by Crippen LogP contribution is 2.32. The molecule has 0 atom stereocenters. The zero-order chi connectivity index (χ0) is 18.1. The number of nitro groups is 1. The molecule has 0 fully saturated rings. The molecule has 0 aliphatic rings. The Morgan fingerprint density at radius 1 is 1.17 bits per heavy atom. The maximum absolute atomic E-state index is 13.6. The number of nitro benzene ring substituents is 1. The summed E-state index contributed by atoms with van der Waals surface area (Å²) in [5.74, 6) is -1.92. The first kappa shape index (κ1) is 18.1. The summed E-state index contributed by atoms with van der Waals surface area (Å²) in [7, 11) is 0. The number of anilines is 1. The zero-order valence-corrected chi connectivity index (χ0v) is 13.7. The van der Waals surface area contributed by atoms with Gasteiger partial charge in [-0.3, -0.25) is 14.9 Å². The molecule has 0 radical (unpaired) electrons. The summed E-state index contributed by atoms with van der Waals surface area (Å²) in [6.45, 7) is 0. The molecule has 1 amide bonds. The van der Waals surface area contributed by atoms with E-state index in [0.717, 1.165) is 18.2 Å². The Morgan fingerprint density at radius 2 is 1.83 bits per heavy atom. The molecule has 0 aromatic heterocycles. The van der Waals surface area contributed by atoms with Gasteiger partial charge in [-0.25, -0.2) is 4.39 Å². The second-order valence-electron chi connectivity index (χ2n) is 4.57. The molecular formula is C14H7F4IN2O3. The van der Waals surface area contributed by atoms with Crippen LogP contribution in [0.3, 0.4) is 0 Å². The lowest BCUT2D eigenvalue weighted by Gasteiger charge is -2.11. The molecule has 2 aromatic carbocycles. The van der Waals surface area contributed by atoms with E-state index in [0.29, 0.717) is 18.2 Å². The number of benzene rings is 2. The summed E-state index contributed by atoms with van der Waals surface area (Å²) < 4.78 is 51.8. The molecule has 2 aromatic rings. The molecule has 5 nitrogen and oxygen atoms in total. The first-order chi connectivity index (χ1) is 11.1. The maximum atomic E-state index is 13.6. The lowest BCUT2D eigenvalue weighted by Crippen LogP contribution is -2.15. The van der Waals surface area contributed by atoms with Crippen LogP contribution in [0.1, 0.15) is 15.9 Å². The molecule has 2 rings (SSSR count). The van der Waals surface area contributed by atoms with Crippen molar-refractivity contribution >= 4 is 39.9 Å². The lowest BCUT2D eigenvalue weighted by atomic mass is 10.1. The first-order valence-electron chi connectivity index (χ1n) is 6.21. The summed E-state index contributed by atoms with van der Waals surface area (Å²) in [6.07, 6.45) is -4.69. The smallest absolute Gasteiger partial charge is 0.319 e. The summed E-state index contributed by atoms with van der Waals surface area (Å²) in [5.41, 5.74) is -2.03. The highest BCUT2D eigenvalue weighted by molar-refractivity contribution is 14.1. The fraction of sp³-hybridized carbons (Fsp3) is 0.0714. The number of hydrogen-bond donors (Lipinski definition) is 1. The van der Waals surface area contributed by atoms with Crippen LogP contribution in [-0.2, 0) is 6.18 Å². The van der Waals surface area contributed by atoms with Crippen molar-refractivity contribution < 1.29 is 27.3 Å². The van der Waals surface area contributed by atoms with E-state index in [1.165, 1.54) is 0 Å². The fourth-order valence-electron chi connectivity index (χ4n) is 1.79. The van der Waals surface area contributed by atoms with E-state index in [2.05, 4.69) is 0 Å². The van der Waals surface area contributed by atoms with E-state index in [-0.39, 0.29) is 14.8 Å². The molecule has 0 aliphatic heterocycles. The number of amides is 1. The van der Waals surface area contributed by atoms with Gasteiger partial charge in [0, 0.05) is 15.7 Å². The molecule has 0 unspecified atom stereocenters. The van der Waals surface area contributed by atoms with Gasteiger partial charge in [0.15, 0.2) is 0 Å². The maximum Gasteiger partial charge on any atom is 0.416 e. The number of carbonyl (C=O) groups excluding carboxylic acids is 1. The van der Waals surface area contributed by atoms with Gasteiger partial charge in [-0.05, 0) is 46.9 Å². The topological polar surface area (TPSA) is 72.2 Å². The SMILES string of the molecule is O=C(Nc1cc(C(F)(F)F)ccc1F)c1ccc([N+](=O)[O-])cc1I. The number of carbonyl (C=O) groups is 1. The van der Waals surface area contributed by atoms with E-state index >= 15 is 0 Å². The van der Waals surface area contributed by atoms with Crippen molar-refractivity contribution in [3.63, 3.8) is 0 Å². The zero-order valence-electron chi connectivity index (χ0n) is 11.5. The van der Waals surface area contributed by atoms with Gasteiger partial charge in [-0.15, -0.1) is 0 Å². The van der Waals surface area contributed by atoms with E-state index in [1.54, 1.807) is 22.6 Å². The molecule has 126 valence electrons. The van der Waals surface area contributed by atoms with Gasteiger partial charge >= 0.3 is 6.18 Å². The van der Waals surface area contributed by atoms with Crippen LogP contribution in [0.4, 0.5) is 28.9 Å². The average Bonchev–Trinajstić information content (AvgIpc) is 2.47. The summed E-state index contributed by atoms with van der Waals surface area (Å²) in [6, 6.07) is 4.96. The molecule has 0 saturated carbocycles. The van der Waals surface area contributed by atoms with Gasteiger partial charge < -0.3 is 5.32 Å². The number of hydrogen-bond acceptors (Lipinski definition) is 3. The molecule has 0 aliphatic carbocycles. The van der Waals surface area contributed by atoms with Gasteiger partial charge in [0.25, 0.3) is 11.6 Å². The van der Waals surface area contributed by atoms with Crippen molar-refractivity contribution in [1.82, 2.24) is 0 Å². The predicted octanol–water partition coefficient (Wildman–Crippen LogP) is 4.61. The van der Waals surface area contributed by atoms with Crippen LogP contribution in [0.15, 0.2) is 36.4 Å². The summed E-state index contributed by atoms with van der Waals surface area (Å²) in [4.78, 5) is 22.1. The molecule has 0 bridgehead atoms. The van der Waals surface area contributed by atoms with Crippen molar-refractivity contribution in [3.05, 3.63) is 67.0 Å². The van der Waals surface area contributed by atoms with E-state index in [4.69, 9.17) is 0 Å². The van der Waals surface area contributed by atoms with Crippen LogP contribution < -0.4 is 5.32 Å². The lowest BCUT2D eigenvalue weighted by molar-refractivity contribution is -0.384. The van der Waals surface area contributed by atoms with Crippen molar-refractivity contribution in [2.24, 2.45) is 0 Å². The summed E-state index contributed by atoms with van der Waals surface area (Å²) >= 11 is 1.67.